The van der Waals surface area contributed by atoms with Crippen molar-refractivity contribution in [2.24, 2.45) is 0 Å². The maximum atomic E-state index is 12.8. The first-order chi connectivity index (χ1) is 14.7. The third kappa shape index (κ3) is 3.58. The van der Waals surface area contributed by atoms with Gasteiger partial charge in [0.05, 0.1) is 18.6 Å². The van der Waals surface area contributed by atoms with E-state index >= 15 is 0 Å². The molecule has 0 bridgehead atoms. The predicted molar refractivity (Wildman–Crippen MR) is 103 cm³/mol. The zero-order valence-corrected chi connectivity index (χ0v) is 16.1. The Morgan fingerprint density at radius 2 is 1.65 bits per heavy atom. The minimum absolute atomic E-state index is 0.0470. The van der Waals surface area contributed by atoms with Crippen molar-refractivity contribution in [1.29, 1.82) is 0 Å². The lowest BCUT2D eigenvalue weighted by molar-refractivity contribution is -0.232. The van der Waals surface area contributed by atoms with Gasteiger partial charge < -0.3 is 45.2 Å². The molecule has 2 aromatic carbocycles. The Morgan fingerprint density at radius 1 is 0.968 bits per heavy atom. The highest BCUT2D eigenvalue weighted by Gasteiger charge is 2.47. The summed E-state index contributed by atoms with van der Waals surface area (Å²) in [7, 11) is 0. The highest BCUT2D eigenvalue weighted by atomic mass is 16.5. The summed E-state index contributed by atoms with van der Waals surface area (Å²) in [6, 6.07) is 7.14. The molecule has 2 aliphatic heterocycles. The van der Waals surface area contributed by atoms with Gasteiger partial charge in [-0.15, -0.1) is 0 Å². The molecule has 7 N–H and O–H groups in total. The van der Waals surface area contributed by atoms with Crippen LogP contribution in [0.15, 0.2) is 30.3 Å². The molecule has 0 spiro atoms. The van der Waals surface area contributed by atoms with Crippen LogP contribution in [0.2, 0.25) is 0 Å². The van der Waals surface area contributed by atoms with Crippen molar-refractivity contribution in [3.8, 4) is 23.0 Å². The van der Waals surface area contributed by atoms with Crippen LogP contribution in [0.3, 0.4) is 0 Å². The van der Waals surface area contributed by atoms with E-state index in [1.54, 1.807) is 12.1 Å². The lowest BCUT2D eigenvalue weighted by Crippen LogP contribution is -2.55. The molecule has 0 saturated carbocycles. The first-order valence-corrected chi connectivity index (χ1v) is 9.61. The molecular formula is C21H22O10. The molecule has 10 nitrogen and oxygen atoms in total. The Hall–Kier alpha value is -2.89. The second kappa shape index (κ2) is 7.98. The van der Waals surface area contributed by atoms with E-state index in [9.17, 15) is 40.5 Å². The van der Waals surface area contributed by atoms with E-state index in [1.807, 2.05) is 0 Å². The number of Topliss-reactive ketones (excluding diaryl/α,β-unsaturated/α-hetero) is 1. The van der Waals surface area contributed by atoms with Crippen molar-refractivity contribution >= 4 is 5.78 Å². The van der Waals surface area contributed by atoms with Crippen LogP contribution >= 0.6 is 0 Å². The van der Waals surface area contributed by atoms with Crippen LogP contribution in [-0.2, 0) is 4.74 Å². The van der Waals surface area contributed by atoms with Crippen molar-refractivity contribution < 1.29 is 50.0 Å². The lowest BCUT2D eigenvalue weighted by atomic mass is 9.87. The van der Waals surface area contributed by atoms with Crippen LogP contribution in [0, 0.1) is 0 Å². The van der Waals surface area contributed by atoms with Crippen LogP contribution in [0.25, 0.3) is 0 Å². The third-order valence-corrected chi connectivity index (χ3v) is 5.64. The van der Waals surface area contributed by atoms with E-state index in [1.165, 1.54) is 12.1 Å². The van der Waals surface area contributed by atoms with Gasteiger partial charge in [-0.25, -0.2) is 0 Å². The lowest BCUT2D eigenvalue weighted by Gasteiger charge is -2.40. The Labute approximate surface area is 176 Å². The highest BCUT2D eigenvalue weighted by Crippen LogP contribution is 2.49. The van der Waals surface area contributed by atoms with Crippen molar-refractivity contribution in [3.05, 3.63) is 47.0 Å². The summed E-state index contributed by atoms with van der Waals surface area (Å²) in [5, 5.41) is 70.4. The minimum atomic E-state index is -1.75. The summed E-state index contributed by atoms with van der Waals surface area (Å²) >= 11 is 0. The van der Waals surface area contributed by atoms with Gasteiger partial charge in [-0.05, 0) is 17.7 Å². The number of fused-ring (bicyclic) bond motifs is 1. The van der Waals surface area contributed by atoms with Gasteiger partial charge >= 0.3 is 0 Å². The van der Waals surface area contributed by atoms with E-state index in [2.05, 4.69) is 0 Å². The molecule has 0 radical (unpaired) electrons. The fourth-order valence-electron chi connectivity index (χ4n) is 3.97. The molecule has 10 heteroatoms. The van der Waals surface area contributed by atoms with Gasteiger partial charge in [0.25, 0.3) is 0 Å². The Bertz CT molecular complexity index is 987. The van der Waals surface area contributed by atoms with Crippen molar-refractivity contribution in [3.63, 3.8) is 0 Å². The van der Waals surface area contributed by atoms with Gasteiger partial charge in [0.15, 0.2) is 5.78 Å². The number of aliphatic hydroxyl groups is 4. The number of aliphatic hydroxyl groups excluding tert-OH is 4. The molecule has 2 aromatic rings. The first kappa shape index (κ1) is 21.3. The summed E-state index contributed by atoms with van der Waals surface area (Å²) in [6.45, 7) is -0.690. The van der Waals surface area contributed by atoms with Gasteiger partial charge in [-0.1, -0.05) is 12.1 Å². The third-order valence-electron chi connectivity index (χ3n) is 5.64. The molecule has 166 valence electrons. The molecular weight excluding hydrogens is 412 g/mol. The van der Waals surface area contributed by atoms with Gasteiger partial charge in [-0.3, -0.25) is 4.79 Å². The fraction of sp³-hybridized carbons (Fsp3) is 0.381. The summed E-state index contributed by atoms with van der Waals surface area (Å²) < 4.78 is 11.2. The number of carbonyl (C=O) groups excluding carboxylic acids is 1. The average molecular weight is 434 g/mol. The summed E-state index contributed by atoms with van der Waals surface area (Å²) in [6.07, 6.45) is -8.72. The fourth-order valence-corrected chi connectivity index (χ4v) is 3.97. The first-order valence-electron chi connectivity index (χ1n) is 9.61. The van der Waals surface area contributed by atoms with Crippen LogP contribution in [-0.4, -0.2) is 72.6 Å². The predicted octanol–water partition coefficient (Wildman–Crippen LogP) is 0.0248. The van der Waals surface area contributed by atoms with Crippen LogP contribution in [0.4, 0.5) is 0 Å². The number of benzene rings is 2. The molecule has 0 aromatic heterocycles. The van der Waals surface area contributed by atoms with Gasteiger partial charge in [0, 0.05) is 6.07 Å². The molecule has 1 fully saturated rings. The van der Waals surface area contributed by atoms with Crippen LogP contribution in [0.5, 0.6) is 23.0 Å². The number of hydrogen-bond donors (Lipinski definition) is 7. The van der Waals surface area contributed by atoms with Crippen LogP contribution in [0.1, 0.15) is 40.1 Å². The number of phenols is 3. The van der Waals surface area contributed by atoms with Gasteiger partial charge in [0.1, 0.15) is 65.2 Å². The summed E-state index contributed by atoms with van der Waals surface area (Å²) in [5.74, 6) is -1.79. The molecule has 2 heterocycles. The zero-order chi connectivity index (χ0) is 22.4. The molecule has 0 amide bonds. The quantitative estimate of drug-likeness (QED) is 0.348. The highest BCUT2D eigenvalue weighted by molar-refractivity contribution is 6.03. The van der Waals surface area contributed by atoms with Crippen LogP contribution < -0.4 is 4.74 Å². The maximum Gasteiger partial charge on any atom is 0.174 e. The largest absolute Gasteiger partial charge is 0.508 e. The molecule has 4 rings (SSSR count). The molecule has 1 saturated heterocycles. The SMILES string of the molecule is O=C1C[C@@H](c2ccc(O)cc2)Oc2cc(O)c([C@@H]3O[C@@H](CO)[C@@H](O)[C@@H](O)[C@H]3O)c(O)c21. The zero-order valence-electron chi connectivity index (χ0n) is 16.1. The van der Waals surface area contributed by atoms with Crippen molar-refractivity contribution in [2.75, 3.05) is 6.61 Å². The monoisotopic (exact) mass is 434 g/mol. The van der Waals surface area contributed by atoms with E-state index in [-0.39, 0.29) is 29.0 Å². The molecule has 31 heavy (non-hydrogen) atoms. The molecule has 6 atom stereocenters. The van der Waals surface area contributed by atoms with Gasteiger partial charge in [-0.2, -0.15) is 0 Å². The average Bonchev–Trinajstić information content (AvgIpc) is 2.73. The number of rotatable bonds is 3. The van der Waals surface area contributed by atoms with Crippen molar-refractivity contribution in [1.82, 2.24) is 0 Å². The molecule has 2 aliphatic rings. The summed E-state index contributed by atoms with van der Waals surface area (Å²) in [4.78, 5) is 12.8. The standard InChI is InChI=1S/C21H22O10/c22-7-14-17(26)19(28)20(29)21(31-14)16-11(25)6-13-15(18(16)27)10(24)5-12(30-13)8-1-3-9(23)4-2-8/h1-4,6,12,14,17,19-23,25-29H,5,7H2/t12-,14-,17+,19+,20+,21-/m0/s1. The molecule has 0 aliphatic carbocycles. The number of phenolic OH excluding ortho intramolecular Hbond substituents is 3. The summed E-state index contributed by atoms with van der Waals surface area (Å²) in [5.41, 5.74) is 0.0178. The van der Waals surface area contributed by atoms with Crippen molar-refractivity contribution in [2.45, 2.75) is 43.0 Å². The normalized spacial score (nSPS) is 30.5. The Morgan fingerprint density at radius 3 is 2.29 bits per heavy atom. The number of hydrogen-bond acceptors (Lipinski definition) is 10. The number of aromatic hydroxyl groups is 3. The van der Waals surface area contributed by atoms with E-state index in [0.29, 0.717) is 5.56 Å². The Balaban J connectivity index is 1.72. The molecule has 0 unspecified atom stereocenters. The second-order valence-corrected chi connectivity index (χ2v) is 7.61. The Kier molecular flexibility index (Phi) is 5.50. The second-order valence-electron chi connectivity index (χ2n) is 7.61. The van der Waals surface area contributed by atoms with Gasteiger partial charge in [0.2, 0.25) is 0 Å². The number of ketones is 1. The minimum Gasteiger partial charge on any atom is -0.508 e. The smallest absolute Gasteiger partial charge is 0.174 e. The van der Waals surface area contributed by atoms with E-state index in [4.69, 9.17) is 9.47 Å². The maximum absolute atomic E-state index is 12.8. The number of carbonyl (C=O) groups is 1. The topological polar surface area (TPSA) is 177 Å². The van der Waals surface area contributed by atoms with E-state index in [0.717, 1.165) is 6.07 Å². The van der Waals surface area contributed by atoms with E-state index < -0.39 is 60.5 Å². The number of ether oxygens (including phenoxy) is 2.